The van der Waals surface area contributed by atoms with E-state index in [1.54, 1.807) is 11.3 Å². The quantitative estimate of drug-likeness (QED) is 0.331. The summed E-state index contributed by atoms with van der Waals surface area (Å²) in [5.41, 5.74) is 1.36. The number of nitrogens with one attached hydrogen (secondary N) is 1. The van der Waals surface area contributed by atoms with Gasteiger partial charge in [-0.15, -0.1) is 24.0 Å². The number of thiophene rings is 1. The SMILES string of the molecule is CN=C(NCC(C)c1ccsc1)N1CCC(C(=O)OC)CC1.I. The number of halogens is 1. The minimum atomic E-state index is -0.0892. The fraction of sp³-hybridized carbons (Fsp3) is 0.625. The van der Waals surface area contributed by atoms with Crippen LogP contribution in [0.2, 0.25) is 0 Å². The zero-order valence-corrected chi connectivity index (χ0v) is 17.1. The summed E-state index contributed by atoms with van der Waals surface area (Å²) in [6.07, 6.45) is 1.65. The number of hydrogen-bond acceptors (Lipinski definition) is 4. The van der Waals surface area contributed by atoms with Crippen molar-refractivity contribution in [3.8, 4) is 0 Å². The van der Waals surface area contributed by atoms with Crippen LogP contribution in [0.5, 0.6) is 0 Å². The summed E-state index contributed by atoms with van der Waals surface area (Å²) < 4.78 is 4.83. The summed E-state index contributed by atoms with van der Waals surface area (Å²) in [5.74, 6) is 1.32. The Labute approximate surface area is 159 Å². The first-order valence-electron chi connectivity index (χ1n) is 7.71. The van der Waals surface area contributed by atoms with Gasteiger partial charge in [-0.05, 0) is 41.1 Å². The van der Waals surface area contributed by atoms with Gasteiger partial charge in [0, 0.05) is 26.7 Å². The molecule has 1 aromatic rings. The topological polar surface area (TPSA) is 53.9 Å². The van der Waals surface area contributed by atoms with Gasteiger partial charge < -0.3 is 15.0 Å². The molecule has 23 heavy (non-hydrogen) atoms. The standard InChI is InChI=1S/C16H25N3O2S.HI/c1-12(14-6-9-22-11-14)10-18-16(17-2)19-7-4-13(5-8-19)15(20)21-3;/h6,9,11-13H,4-5,7-8,10H2,1-3H3,(H,17,18);1H. The molecule has 1 saturated heterocycles. The Hall–Kier alpha value is -0.830. The minimum absolute atomic E-state index is 0. The maximum absolute atomic E-state index is 11.6. The molecule has 0 aromatic carbocycles. The van der Waals surface area contributed by atoms with Crippen LogP contribution >= 0.6 is 35.3 Å². The van der Waals surface area contributed by atoms with Crippen LogP contribution in [0, 0.1) is 5.92 Å². The van der Waals surface area contributed by atoms with Crippen molar-refractivity contribution in [3.05, 3.63) is 22.4 Å². The number of ether oxygens (including phenoxy) is 1. The molecule has 2 rings (SSSR count). The van der Waals surface area contributed by atoms with Crippen LogP contribution < -0.4 is 5.32 Å². The molecule has 1 aliphatic rings. The number of esters is 1. The Morgan fingerprint density at radius 3 is 2.74 bits per heavy atom. The lowest BCUT2D eigenvalue weighted by molar-refractivity contribution is -0.146. The van der Waals surface area contributed by atoms with E-state index in [0.717, 1.165) is 38.4 Å². The molecule has 0 amide bonds. The van der Waals surface area contributed by atoms with Crippen molar-refractivity contribution in [2.45, 2.75) is 25.7 Å². The molecule has 1 unspecified atom stereocenters. The Bertz CT molecular complexity index is 499. The minimum Gasteiger partial charge on any atom is -0.469 e. The van der Waals surface area contributed by atoms with Gasteiger partial charge in [-0.25, -0.2) is 0 Å². The average molecular weight is 451 g/mol. The Kier molecular flexibility index (Phi) is 8.90. The second-order valence-electron chi connectivity index (χ2n) is 5.67. The van der Waals surface area contributed by atoms with Crippen LogP contribution in [-0.4, -0.2) is 50.6 Å². The molecule has 0 aliphatic carbocycles. The molecule has 0 saturated carbocycles. The molecule has 1 atom stereocenters. The molecule has 0 radical (unpaired) electrons. The first-order valence-corrected chi connectivity index (χ1v) is 8.65. The first kappa shape index (κ1) is 20.2. The summed E-state index contributed by atoms with van der Waals surface area (Å²) in [6.45, 7) is 4.75. The summed E-state index contributed by atoms with van der Waals surface area (Å²) in [7, 11) is 3.27. The van der Waals surface area contributed by atoms with Gasteiger partial charge in [0.25, 0.3) is 0 Å². The molecule has 1 N–H and O–H groups in total. The lowest BCUT2D eigenvalue weighted by Crippen LogP contribution is -2.47. The first-order chi connectivity index (χ1) is 10.7. The van der Waals surface area contributed by atoms with Crippen LogP contribution in [0.15, 0.2) is 21.8 Å². The predicted molar refractivity (Wildman–Crippen MR) is 106 cm³/mol. The molecule has 1 aromatic heterocycles. The summed E-state index contributed by atoms with van der Waals surface area (Å²) in [6, 6.07) is 2.17. The molecule has 5 nitrogen and oxygen atoms in total. The fourth-order valence-electron chi connectivity index (χ4n) is 2.74. The van der Waals surface area contributed by atoms with Crippen molar-refractivity contribution < 1.29 is 9.53 Å². The van der Waals surface area contributed by atoms with E-state index in [1.165, 1.54) is 12.7 Å². The smallest absolute Gasteiger partial charge is 0.308 e. The number of aliphatic imine (C=N–C) groups is 1. The normalized spacial score (nSPS) is 17.3. The third kappa shape index (κ3) is 5.63. The van der Waals surface area contributed by atoms with E-state index >= 15 is 0 Å². The summed E-state index contributed by atoms with van der Waals surface area (Å²) in [4.78, 5) is 18.2. The number of carbonyl (C=O) groups is 1. The molecule has 1 fully saturated rings. The van der Waals surface area contributed by atoms with Gasteiger partial charge in [0.1, 0.15) is 0 Å². The van der Waals surface area contributed by atoms with E-state index < -0.39 is 0 Å². The third-order valence-corrected chi connectivity index (χ3v) is 4.92. The van der Waals surface area contributed by atoms with E-state index in [2.05, 4.69) is 39.0 Å². The van der Waals surface area contributed by atoms with Gasteiger partial charge in [-0.2, -0.15) is 11.3 Å². The van der Waals surface area contributed by atoms with E-state index in [9.17, 15) is 4.79 Å². The van der Waals surface area contributed by atoms with Gasteiger partial charge in [-0.3, -0.25) is 9.79 Å². The maximum atomic E-state index is 11.6. The molecule has 0 bridgehead atoms. The van der Waals surface area contributed by atoms with Crippen LogP contribution in [0.4, 0.5) is 0 Å². The third-order valence-electron chi connectivity index (χ3n) is 4.22. The van der Waals surface area contributed by atoms with Crippen LogP contribution in [0.3, 0.4) is 0 Å². The van der Waals surface area contributed by atoms with Crippen LogP contribution in [0.25, 0.3) is 0 Å². The highest BCUT2D eigenvalue weighted by atomic mass is 127. The van der Waals surface area contributed by atoms with Crippen molar-refractivity contribution >= 4 is 47.2 Å². The van der Waals surface area contributed by atoms with Crippen LogP contribution in [-0.2, 0) is 9.53 Å². The van der Waals surface area contributed by atoms with Crippen molar-refractivity contribution in [3.63, 3.8) is 0 Å². The van der Waals surface area contributed by atoms with Gasteiger partial charge in [0.05, 0.1) is 13.0 Å². The highest BCUT2D eigenvalue weighted by Crippen LogP contribution is 2.19. The molecule has 7 heteroatoms. The van der Waals surface area contributed by atoms with E-state index in [0.29, 0.717) is 5.92 Å². The molecule has 130 valence electrons. The number of carbonyl (C=O) groups excluding carboxylic acids is 1. The number of rotatable bonds is 4. The van der Waals surface area contributed by atoms with Crippen molar-refractivity contribution in [2.24, 2.45) is 10.9 Å². The number of guanidine groups is 1. The zero-order valence-electron chi connectivity index (χ0n) is 13.9. The van der Waals surface area contributed by atoms with Crippen molar-refractivity contribution in [2.75, 3.05) is 33.8 Å². The molecular weight excluding hydrogens is 425 g/mol. The highest BCUT2D eigenvalue weighted by molar-refractivity contribution is 14.0. The number of nitrogens with zero attached hydrogens (tertiary/aromatic N) is 2. The summed E-state index contributed by atoms with van der Waals surface area (Å²) >= 11 is 1.73. The Morgan fingerprint density at radius 2 is 2.22 bits per heavy atom. The van der Waals surface area contributed by atoms with Gasteiger partial charge in [-0.1, -0.05) is 6.92 Å². The van der Waals surface area contributed by atoms with E-state index in [1.807, 2.05) is 7.05 Å². The zero-order chi connectivity index (χ0) is 15.9. The number of likely N-dealkylation sites (tertiary alicyclic amines) is 1. The largest absolute Gasteiger partial charge is 0.469 e. The average Bonchev–Trinajstić information content (AvgIpc) is 3.09. The van der Waals surface area contributed by atoms with Crippen LogP contribution in [0.1, 0.15) is 31.2 Å². The van der Waals surface area contributed by atoms with Gasteiger partial charge >= 0.3 is 5.97 Å². The molecule has 1 aliphatic heterocycles. The monoisotopic (exact) mass is 451 g/mol. The van der Waals surface area contributed by atoms with Gasteiger partial charge in [0.2, 0.25) is 0 Å². The second kappa shape index (κ2) is 10.1. The van der Waals surface area contributed by atoms with Crippen molar-refractivity contribution in [1.29, 1.82) is 0 Å². The maximum Gasteiger partial charge on any atom is 0.308 e. The van der Waals surface area contributed by atoms with E-state index in [-0.39, 0.29) is 35.9 Å². The number of methoxy groups -OCH3 is 1. The predicted octanol–water partition coefficient (Wildman–Crippen LogP) is 2.93. The summed E-state index contributed by atoms with van der Waals surface area (Å²) in [5, 5.41) is 7.75. The van der Waals surface area contributed by atoms with Crippen molar-refractivity contribution in [1.82, 2.24) is 10.2 Å². The fourth-order valence-corrected chi connectivity index (χ4v) is 3.53. The Balaban J connectivity index is 0.00000264. The lowest BCUT2D eigenvalue weighted by Gasteiger charge is -2.33. The highest BCUT2D eigenvalue weighted by Gasteiger charge is 2.27. The van der Waals surface area contributed by atoms with Gasteiger partial charge in [0.15, 0.2) is 5.96 Å². The van der Waals surface area contributed by atoms with E-state index in [4.69, 9.17) is 4.74 Å². The second-order valence-corrected chi connectivity index (χ2v) is 6.45. The molecular formula is C16H26IN3O2S. The molecule has 0 spiro atoms. The molecule has 2 heterocycles. The number of hydrogen-bond donors (Lipinski definition) is 1. The Morgan fingerprint density at radius 1 is 1.52 bits per heavy atom. The lowest BCUT2D eigenvalue weighted by atomic mass is 9.97. The number of piperidine rings is 1.